The smallest absolute Gasteiger partial charge is 0.0695 e. The lowest BCUT2D eigenvalue weighted by molar-refractivity contribution is -0.0393. The molecule has 20 heavy (non-hydrogen) atoms. The summed E-state index contributed by atoms with van der Waals surface area (Å²) in [6.45, 7) is 16.2. The standard InChI is InChI=1S/C18H37NO/c1-9-18(6,7)14-10-11-16(20)15(12-14)19(8)13(2)17(3,4)5/h13-16,20H,9-12H2,1-8H3. The van der Waals surface area contributed by atoms with E-state index in [4.69, 9.17) is 0 Å². The Bertz CT molecular complexity index is 305. The average molecular weight is 284 g/mol. The number of hydrogen-bond donors (Lipinski definition) is 1. The first-order valence-corrected chi connectivity index (χ1v) is 8.40. The maximum absolute atomic E-state index is 10.5. The van der Waals surface area contributed by atoms with Crippen LogP contribution >= 0.6 is 0 Å². The minimum atomic E-state index is -0.159. The fourth-order valence-corrected chi connectivity index (χ4v) is 3.47. The molecule has 0 saturated heterocycles. The van der Waals surface area contributed by atoms with Gasteiger partial charge in [-0.1, -0.05) is 48.0 Å². The van der Waals surface area contributed by atoms with Crippen LogP contribution in [0.25, 0.3) is 0 Å². The van der Waals surface area contributed by atoms with Crippen LogP contribution in [0.2, 0.25) is 0 Å². The molecule has 0 spiro atoms. The van der Waals surface area contributed by atoms with E-state index in [1.54, 1.807) is 0 Å². The SMILES string of the molecule is CCC(C)(C)C1CCC(O)C(N(C)C(C)C(C)(C)C)C1. The third kappa shape index (κ3) is 3.98. The van der Waals surface area contributed by atoms with Gasteiger partial charge in [0.15, 0.2) is 0 Å². The van der Waals surface area contributed by atoms with Crippen molar-refractivity contribution in [3.63, 3.8) is 0 Å². The van der Waals surface area contributed by atoms with E-state index in [-0.39, 0.29) is 11.5 Å². The molecule has 0 aliphatic heterocycles. The van der Waals surface area contributed by atoms with Gasteiger partial charge in [-0.25, -0.2) is 0 Å². The van der Waals surface area contributed by atoms with Crippen molar-refractivity contribution in [2.45, 2.75) is 92.3 Å². The van der Waals surface area contributed by atoms with Crippen molar-refractivity contribution >= 4 is 0 Å². The van der Waals surface area contributed by atoms with E-state index < -0.39 is 0 Å². The number of rotatable bonds is 4. The number of aliphatic hydroxyl groups is 1. The molecular weight excluding hydrogens is 246 g/mol. The summed E-state index contributed by atoms with van der Waals surface area (Å²) in [6, 6.07) is 0.791. The van der Waals surface area contributed by atoms with Crippen molar-refractivity contribution in [1.82, 2.24) is 4.90 Å². The van der Waals surface area contributed by atoms with Gasteiger partial charge < -0.3 is 5.11 Å². The molecule has 0 radical (unpaired) electrons. The van der Waals surface area contributed by atoms with Crippen LogP contribution < -0.4 is 0 Å². The van der Waals surface area contributed by atoms with Crippen molar-refractivity contribution in [3.8, 4) is 0 Å². The normalized spacial score (nSPS) is 30.6. The summed E-state index contributed by atoms with van der Waals surface area (Å²) in [6.07, 6.45) is 4.34. The van der Waals surface area contributed by atoms with Gasteiger partial charge in [0, 0.05) is 12.1 Å². The second kappa shape index (κ2) is 6.36. The third-order valence-corrected chi connectivity index (χ3v) is 6.18. The summed E-state index contributed by atoms with van der Waals surface area (Å²) in [5, 5.41) is 10.5. The molecule has 1 saturated carbocycles. The largest absolute Gasteiger partial charge is 0.391 e. The van der Waals surface area contributed by atoms with Gasteiger partial charge in [0.05, 0.1) is 6.10 Å². The van der Waals surface area contributed by atoms with Crippen LogP contribution in [-0.4, -0.2) is 35.2 Å². The van der Waals surface area contributed by atoms with Crippen molar-refractivity contribution in [2.75, 3.05) is 7.05 Å². The molecule has 0 aromatic rings. The van der Waals surface area contributed by atoms with Gasteiger partial charge in [0.1, 0.15) is 0 Å². The number of likely N-dealkylation sites (N-methyl/N-ethyl adjacent to an activating group) is 1. The highest BCUT2D eigenvalue weighted by atomic mass is 16.3. The quantitative estimate of drug-likeness (QED) is 0.830. The maximum atomic E-state index is 10.5. The lowest BCUT2D eigenvalue weighted by atomic mass is 9.67. The molecule has 1 fully saturated rings. The van der Waals surface area contributed by atoms with Gasteiger partial charge in [0.25, 0.3) is 0 Å². The lowest BCUT2D eigenvalue weighted by Crippen LogP contribution is -2.53. The Labute approximate surface area is 126 Å². The Kier molecular flexibility index (Phi) is 5.71. The number of hydrogen-bond acceptors (Lipinski definition) is 2. The number of nitrogens with zero attached hydrogens (tertiary/aromatic N) is 1. The monoisotopic (exact) mass is 283 g/mol. The molecule has 2 heteroatoms. The van der Waals surface area contributed by atoms with E-state index in [2.05, 4.69) is 60.4 Å². The Balaban J connectivity index is 2.82. The first-order chi connectivity index (χ1) is 9.00. The second-order valence-electron chi connectivity index (χ2n) is 8.69. The van der Waals surface area contributed by atoms with Crippen LogP contribution in [0, 0.1) is 16.7 Å². The summed E-state index contributed by atoms with van der Waals surface area (Å²) in [4.78, 5) is 2.43. The fourth-order valence-electron chi connectivity index (χ4n) is 3.47. The molecule has 0 amide bonds. The molecule has 2 nitrogen and oxygen atoms in total. The minimum absolute atomic E-state index is 0.159. The van der Waals surface area contributed by atoms with Crippen LogP contribution in [0.3, 0.4) is 0 Å². The van der Waals surface area contributed by atoms with Crippen molar-refractivity contribution in [1.29, 1.82) is 0 Å². The van der Waals surface area contributed by atoms with E-state index in [1.807, 2.05) is 0 Å². The molecule has 4 atom stereocenters. The molecule has 0 bridgehead atoms. The van der Waals surface area contributed by atoms with Crippen molar-refractivity contribution in [3.05, 3.63) is 0 Å². The summed E-state index contributed by atoms with van der Waals surface area (Å²) in [5.41, 5.74) is 0.645. The zero-order valence-electron chi connectivity index (χ0n) is 15.0. The molecule has 1 N–H and O–H groups in total. The Hall–Kier alpha value is -0.0800. The highest BCUT2D eigenvalue weighted by Crippen LogP contribution is 2.42. The Morgan fingerprint density at radius 3 is 2.15 bits per heavy atom. The molecule has 120 valence electrons. The minimum Gasteiger partial charge on any atom is -0.391 e. The van der Waals surface area contributed by atoms with E-state index in [0.717, 1.165) is 18.8 Å². The second-order valence-corrected chi connectivity index (χ2v) is 8.69. The van der Waals surface area contributed by atoms with Crippen LogP contribution in [0.4, 0.5) is 0 Å². The van der Waals surface area contributed by atoms with Crippen molar-refractivity contribution < 1.29 is 5.11 Å². The molecule has 0 aromatic heterocycles. The Morgan fingerprint density at radius 2 is 1.70 bits per heavy atom. The van der Waals surface area contributed by atoms with Gasteiger partial charge in [-0.15, -0.1) is 0 Å². The van der Waals surface area contributed by atoms with Crippen LogP contribution in [0.15, 0.2) is 0 Å². The summed E-state index contributed by atoms with van der Waals surface area (Å²) >= 11 is 0. The van der Waals surface area contributed by atoms with Gasteiger partial charge in [-0.05, 0) is 50.0 Å². The summed E-state index contributed by atoms with van der Waals surface area (Å²) in [7, 11) is 2.20. The zero-order valence-corrected chi connectivity index (χ0v) is 15.0. The molecule has 0 heterocycles. The maximum Gasteiger partial charge on any atom is 0.0695 e. The van der Waals surface area contributed by atoms with E-state index in [9.17, 15) is 5.11 Å². The first-order valence-electron chi connectivity index (χ1n) is 8.40. The van der Waals surface area contributed by atoms with Crippen LogP contribution in [0.1, 0.15) is 74.1 Å². The highest BCUT2D eigenvalue weighted by molar-refractivity contribution is 4.93. The van der Waals surface area contributed by atoms with Crippen molar-refractivity contribution in [2.24, 2.45) is 16.7 Å². The number of aliphatic hydroxyl groups excluding tert-OH is 1. The van der Waals surface area contributed by atoms with Gasteiger partial charge in [0.2, 0.25) is 0 Å². The zero-order chi connectivity index (χ0) is 15.7. The van der Waals surface area contributed by atoms with Gasteiger partial charge in [-0.2, -0.15) is 0 Å². The molecular formula is C18H37NO. The molecule has 4 unspecified atom stereocenters. The summed E-state index contributed by atoms with van der Waals surface area (Å²) in [5.74, 6) is 0.732. The fraction of sp³-hybridized carbons (Fsp3) is 1.00. The van der Waals surface area contributed by atoms with E-state index in [0.29, 0.717) is 17.5 Å². The Morgan fingerprint density at radius 1 is 1.15 bits per heavy atom. The van der Waals surface area contributed by atoms with Gasteiger partial charge >= 0.3 is 0 Å². The molecule has 0 aromatic carbocycles. The average Bonchev–Trinajstić information content (AvgIpc) is 2.36. The molecule has 1 rings (SSSR count). The first kappa shape index (κ1) is 18.0. The topological polar surface area (TPSA) is 23.5 Å². The summed E-state index contributed by atoms with van der Waals surface area (Å²) < 4.78 is 0. The van der Waals surface area contributed by atoms with Crippen LogP contribution in [0.5, 0.6) is 0 Å². The van der Waals surface area contributed by atoms with E-state index >= 15 is 0 Å². The van der Waals surface area contributed by atoms with Gasteiger partial charge in [-0.3, -0.25) is 4.90 Å². The van der Waals surface area contributed by atoms with Crippen LogP contribution in [-0.2, 0) is 0 Å². The lowest BCUT2D eigenvalue weighted by Gasteiger charge is -2.48. The highest BCUT2D eigenvalue weighted by Gasteiger charge is 2.40. The molecule has 1 aliphatic carbocycles. The molecule has 1 aliphatic rings. The third-order valence-electron chi connectivity index (χ3n) is 6.18. The predicted molar refractivity (Wildman–Crippen MR) is 87.9 cm³/mol. The van der Waals surface area contributed by atoms with E-state index in [1.165, 1.54) is 12.8 Å². The predicted octanol–water partition coefficient (Wildman–Crippen LogP) is 4.32.